The molecule has 3 rings (SSSR count). The zero-order chi connectivity index (χ0) is 13.8. The summed E-state index contributed by atoms with van der Waals surface area (Å²) < 4.78 is 10.8. The molecular weight excluding hydrogens is 254 g/mol. The van der Waals surface area contributed by atoms with Crippen molar-refractivity contribution in [2.75, 3.05) is 7.11 Å². The maximum atomic E-state index is 5.60. The summed E-state index contributed by atoms with van der Waals surface area (Å²) >= 11 is 0. The molecule has 100 valence electrons. The zero-order valence-electron chi connectivity index (χ0n) is 10.9. The van der Waals surface area contributed by atoms with Gasteiger partial charge in [-0.25, -0.2) is 0 Å². The number of nitrogens with one attached hydrogen (secondary N) is 1. The van der Waals surface area contributed by atoms with E-state index in [1.165, 1.54) is 6.20 Å². The van der Waals surface area contributed by atoms with Gasteiger partial charge in [0.1, 0.15) is 17.7 Å². The number of rotatable bonds is 4. The van der Waals surface area contributed by atoms with E-state index < -0.39 is 0 Å². The minimum atomic E-state index is 0.442. The van der Waals surface area contributed by atoms with Gasteiger partial charge < -0.3 is 9.47 Å². The highest BCUT2D eigenvalue weighted by molar-refractivity contribution is 5.65. The summed E-state index contributed by atoms with van der Waals surface area (Å²) in [6, 6.07) is 15.7. The first-order valence-corrected chi connectivity index (χ1v) is 6.13. The van der Waals surface area contributed by atoms with E-state index in [0.717, 1.165) is 16.9 Å². The van der Waals surface area contributed by atoms with E-state index in [1.807, 2.05) is 48.5 Å². The summed E-state index contributed by atoms with van der Waals surface area (Å²) in [5.74, 6) is 1.99. The van der Waals surface area contributed by atoms with Gasteiger partial charge in [0, 0.05) is 0 Å². The summed E-state index contributed by atoms with van der Waals surface area (Å²) in [6.45, 7) is 0. The average molecular weight is 267 g/mol. The second-order valence-corrected chi connectivity index (χ2v) is 4.17. The molecule has 5 heteroatoms. The number of hydrogen-bond donors (Lipinski definition) is 1. The van der Waals surface area contributed by atoms with Crippen LogP contribution in [0.1, 0.15) is 0 Å². The Morgan fingerprint density at radius 3 is 2.50 bits per heavy atom. The lowest BCUT2D eigenvalue weighted by atomic mass is 10.1. The predicted molar refractivity (Wildman–Crippen MR) is 74.9 cm³/mol. The highest BCUT2D eigenvalue weighted by atomic mass is 16.5. The fourth-order valence-corrected chi connectivity index (χ4v) is 1.88. The molecule has 20 heavy (non-hydrogen) atoms. The van der Waals surface area contributed by atoms with Crippen molar-refractivity contribution in [2.45, 2.75) is 0 Å². The Balaban J connectivity index is 1.86. The molecule has 0 saturated heterocycles. The molecule has 0 spiro atoms. The first kappa shape index (κ1) is 12.2. The van der Waals surface area contributed by atoms with Gasteiger partial charge in [-0.3, -0.25) is 0 Å². The van der Waals surface area contributed by atoms with Crippen LogP contribution in [0.2, 0.25) is 0 Å². The lowest BCUT2D eigenvalue weighted by Crippen LogP contribution is -1.86. The molecule has 0 fully saturated rings. The Bertz CT molecular complexity index is 679. The molecule has 2 aromatic carbocycles. The molecular formula is C15H13N3O2. The minimum Gasteiger partial charge on any atom is -0.497 e. The average Bonchev–Trinajstić information content (AvgIpc) is 3.01. The van der Waals surface area contributed by atoms with Crippen molar-refractivity contribution >= 4 is 0 Å². The highest BCUT2D eigenvalue weighted by Crippen LogP contribution is 2.27. The standard InChI is InChI=1S/C15H13N3O2/c1-19-13-7-5-11(6-8-13)12-3-2-4-14(9-12)20-15-10-16-18-17-15/h2-10H,1H3,(H,16,17,18). The van der Waals surface area contributed by atoms with Crippen molar-refractivity contribution in [1.29, 1.82) is 0 Å². The van der Waals surface area contributed by atoms with Crippen LogP contribution in [-0.2, 0) is 0 Å². The second-order valence-electron chi connectivity index (χ2n) is 4.17. The van der Waals surface area contributed by atoms with Gasteiger partial charge in [-0.1, -0.05) is 24.3 Å². The number of aromatic amines is 1. The van der Waals surface area contributed by atoms with E-state index in [1.54, 1.807) is 7.11 Å². The third-order valence-corrected chi connectivity index (χ3v) is 2.87. The fourth-order valence-electron chi connectivity index (χ4n) is 1.88. The molecule has 5 nitrogen and oxygen atoms in total. The van der Waals surface area contributed by atoms with Crippen LogP contribution in [-0.4, -0.2) is 22.5 Å². The second kappa shape index (κ2) is 5.44. The summed E-state index contributed by atoms with van der Waals surface area (Å²) in [4.78, 5) is 0. The largest absolute Gasteiger partial charge is 0.497 e. The minimum absolute atomic E-state index is 0.442. The first-order chi connectivity index (χ1) is 9.85. The molecule has 0 aliphatic rings. The summed E-state index contributed by atoms with van der Waals surface area (Å²) in [5.41, 5.74) is 2.16. The SMILES string of the molecule is COc1ccc(-c2cccc(Oc3cn[nH]n3)c2)cc1. The number of hydrogen-bond acceptors (Lipinski definition) is 4. The third-order valence-electron chi connectivity index (χ3n) is 2.87. The van der Waals surface area contributed by atoms with E-state index in [0.29, 0.717) is 11.6 Å². The molecule has 0 unspecified atom stereocenters. The molecule has 0 radical (unpaired) electrons. The van der Waals surface area contributed by atoms with Gasteiger partial charge in [-0.15, -0.1) is 5.10 Å². The van der Waals surface area contributed by atoms with Crippen molar-refractivity contribution in [1.82, 2.24) is 15.4 Å². The van der Waals surface area contributed by atoms with Gasteiger partial charge in [0.2, 0.25) is 0 Å². The van der Waals surface area contributed by atoms with Crippen LogP contribution in [0.5, 0.6) is 17.4 Å². The van der Waals surface area contributed by atoms with Gasteiger partial charge in [0.05, 0.1) is 7.11 Å². The number of ether oxygens (including phenoxy) is 2. The normalized spacial score (nSPS) is 10.2. The van der Waals surface area contributed by atoms with Crippen LogP contribution in [0.3, 0.4) is 0 Å². The number of nitrogens with zero attached hydrogens (tertiary/aromatic N) is 2. The molecule has 1 aromatic heterocycles. The van der Waals surface area contributed by atoms with E-state index >= 15 is 0 Å². The van der Waals surface area contributed by atoms with E-state index in [9.17, 15) is 0 Å². The molecule has 1 N–H and O–H groups in total. The zero-order valence-corrected chi connectivity index (χ0v) is 10.9. The Kier molecular flexibility index (Phi) is 3.33. The Labute approximate surface area is 116 Å². The van der Waals surface area contributed by atoms with Crippen LogP contribution in [0.25, 0.3) is 11.1 Å². The van der Waals surface area contributed by atoms with Crippen molar-refractivity contribution in [3.05, 3.63) is 54.7 Å². The van der Waals surface area contributed by atoms with Crippen LogP contribution < -0.4 is 9.47 Å². The Morgan fingerprint density at radius 1 is 0.950 bits per heavy atom. The smallest absolute Gasteiger partial charge is 0.258 e. The molecule has 3 aromatic rings. The molecule has 0 bridgehead atoms. The summed E-state index contributed by atoms with van der Waals surface area (Å²) in [7, 11) is 1.65. The number of H-pyrrole nitrogens is 1. The van der Waals surface area contributed by atoms with Crippen LogP contribution in [0.15, 0.2) is 54.7 Å². The highest BCUT2D eigenvalue weighted by Gasteiger charge is 2.03. The maximum absolute atomic E-state index is 5.60. The number of methoxy groups -OCH3 is 1. The fraction of sp³-hybridized carbons (Fsp3) is 0.0667. The monoisotopic (exact) mass is 267 g/mol. The molecule has 1 heterocycles. The lowest BCUT2D eigenvalue weighted by molar-refractivity contribution is 0.415. The predicted octanol–water partition coefficient (Wildman–Crippen LogP) is 3.27. The van der Waals surface area contributed by atoms with Crippen LogP contribution >= 0.6 is 0 Å². The molecule has 0 atom stereocenters. The van der Waals surface area contributed by atoms with Crippen LogP contribution in [0.4, 0.5) is 0 Å². The van der Waals surface area contributed by atoms with Gasteiger partial charge in [0.15, 0.2) is 0 Å². The third kappa shape index (κ3) is 2.61. The van der Waals surface area contributed by atoms with Crippen molar-refractivity contribution in [2.24, 2.45) is 0 Å². The van der Waals surface area contributed by atoms with Gasteiger partial charge in [-0.05, 0) is 35.4 Å². The summed E-state index contributed by atoms with van der Waals surface area (Å²) in [5, 5.41) is 10.1. The van der Waals surface area contributed by atoms with Gasteiger partial charge in [0.25, 0.3) is 5.88 Å². The first-order valence-electron chi connectivity index (χ1n) is 6.13. The van der Waals surface area contributed by atoms with Crippen LogP contribution in [0, 0.1) is 0 Å². The van der Waals surface area contributed by atoms with E-state index in [2.05, 4.69) is 15.4 Å². The topological polar surface area (TPSA) is 60.0 Å². The molecule has 0 aliphatic carbocycles. The van der Waals surface area contributed by atoms with Gasteiger partial charge >= 0.3 is 0 Å². The van der Waals surface area contributed by atoms with Crippen molar-refractivity contribution < 1.29 is 9.47 Å². The van der Waals surface area contributed by atoms with E-state index in [4.69, 9.17) is 9.47 Å². The Hall–Kier alpha value is -2.82. The lowest BCUT2D eigenvalue weighted by Gasteiger charge is -2.06. The number of benzene rings is 2. The van der Waals surface area contributed by atoms with E-state index in [-0.39, 0.29) is 0 Å². The molecule has 0 saturated carbocycles. The molecule has 0 aliphatic heterocycles. The van der Waals surface area contributed by atoms with Gasteiger partial charge in [-0.2, -0.15) is 10.3 Å². The quantitative estimate of drug-likeness (QED) is 0.788. The van der Waals surface area contributed by atoms with Crippen molar-refractivity contribution in [3.8, 4) is 28.5 Å². The summed E-state index contributed by atoms with van der Waals surface area (Å²) in [6.07, 6.45) is 1.53. The maximum Gasteiger partial charge on any atom is 0.258 e. The number of aromatic nitrogens is 3. The molecule has 0 amide bonds. The Morgan fingerprint density at radius 2 is 1.80 bits per heavy atom. The van der Waals surface area contributed by atoms with Crippen molar-refractivity contribution in [3.63, 3.8) is 0 Å².